The van der Waals surface area contributed by atoms with E-state index in [1.165, 1.54) is 0 Å². The van der Waals surface area contributed by atoms with E-state index in [1.54, 1.807) is 4.57 Å². The fourth-order valence-corrected chi connectivity index (χ4v) is 1.47. The number of aryl methyl sites for hydroxylation is 2. The first-order valence-electron chi connectivity index (χ1n) is 4.63. The van der Waals surface area contributed by atoms with Gasteiger partial charge in [-0.1, -0.05) is 0 Å². The van der Waals surface area contributed by atoms with E-state index in [0.29, 0.717) is 17.1 Å². The maximum atomic E-state index is 9.03. The number of aromatic nitrogens is 2. The standard InChI is InChI=1S/C11H11N3O/c1-7-4-5-10(15-7)11-9(6-12)14(3)8(2)13-11/h4-5H,1-3H3. The minimum absolute atomic E-state index is 0.529. The van der Waals surface area contributed by atoms with Gasteiger partial charge < -0.3 is 8.98 Å². The molecule has 0 unspecified atom stereocenters. The van der Waals surface area contributed by atoms with Gasteiger partial charge in [0.2, 0.25) is 0 Å². The molecule has 2 aromatic rings. The highest BCUT2D eigenvalue weighted by Crippen LogP contribution is 2.24. The van der Waals surface area contributed by atoms with Crippen molar-refractivity contribution in [3.8, 4) is 17.5 Å². The van der Waals surface area contributed by atoms with Crippen LogP contribution in [-0.2, 0) is 7.05 Å². The fourth-order valence-electron chi connectivity index (χ4n) is 1.47. The summed E-state index contributed by atoms with van der Waals surface area (Å²) in [5.41, 5.74) is 1.15. The van der Waals surface area contributed by atoms with E-state index in [2.05, 4.69) is 11.1 Å². The van der Waals surface area contributed by atoms with Crippen LogP contribution in [0.1, 0.15) is 17.3 Å². The molecule has 2 rings (SSSR count). The quantitative estimate of drug-likeness (QED) is 0.710. The highest BCUT2D eigenvalue weighted by atomic mass is 16.3. The van der Waals surface area contributed by atoms with Crippen molar-refractivity contribution in [2.45, 2.75) is 13.8 Å². The van der Waals surface area contributed by atoms with Gasteiger partial charge >= 0.3 is 0 Å². The molecular formula is C11H11N3O. The average Bonchev–Trinajstić information content (AvgIpc) is 2.73. The zero-order valence-corrected chi connectivity index (χ0v) is 8.90. The van der Waals surface area contributed by atoms with Crippen LogP contribution in [0.15, 0.2) is 16.5 Å². The smallest absolute Gasteiger partial charge is 0.155 e. The Morgan fingerprint density at radius 3 is 2.67 bits per heavy atom. The molecule has 0 aliphatic carbocycles. The predicted octanol–water partition coefficient (Wildman–Crippen LogP) is 2.17. The Kier molecular flexibility index (Phi) is 2.09. The molecule has 2 aromatic heterocycles. The highest BCUT2D eigenvalue weighted by molar-refractivity contribution is 5.60. The minimum atomic E-state index is 0.529. The third kappa shape index (κ3) is 1.42. The van der Waals surface area contributed by atoms with Crippen LogP contribution in [0.5, 0.6) is 0 Å². The molecule has 0 N–H and O–H groups in total. The van der Waals surface area contributed by atoms with Crippen molar-refractivity contribution in [2.24, 2.45) is 7.05 Å². The summed E-state index contributed by atoms with van der Waals surface area (Å²) < 4.78 is 7.21. The average molecular weight is 201 g/mol. The van der Waals surface area contributed by atoms with Gasteiger partial charge in [-0.05, 0) is 26.0 Å². The normalized spacial score (nSPS) is 10.3. The molecule has 0 aliphatic heterocycles. The van der Waals surface area contributed by atoms with E-state index in [-0.39, 0.29) is 0 Å². The van der Waals surface area contributed by atoms with E-state index >= 15 is 0 Å². The van der Waals surface area contributed by atoms with Gasteiger partial charge in [-0.15, -0.1) is 0 Å². The number of hydrogen-bond acceptors (Lipinski definition) is 3. The lowest BCUT2D eigenvalue weighted by molar-refractivity contribution is 0.546. The first-order chi connectivity index (χ1) is 7.13. The highest BCUT2D eigenvalue weighted by Gasteiger charge is 2.16. The molecule has 0 spiro atoms. The molecule has 0 amide bonds. The van der Waals surface area contributed by atoms with E-state index < -0.39 is 0 Å². The summed E-state index contributed by atoms with van der Waals surface area (Å²) in [5, 5.41) is 9.03. The molecule has 0 radical (unpaired) electrons. The summed E-state index contributed by atoms with van der Waals surface area (Å²) in [6.07, 6.45) is 0. The summed E-state index contributed by atoms with van der Waals surface area (Å²) in [4.78, 5) is 4.31. The van der Waals surface area contributed by atoms with Gasteiger partial charge in [-0.3, -0.25) is 0 Å². The second-order valence-electron chi connectivity index (χ2n) is 3.44. The molecule has 0 saturated heterocycles. The minimum Gasteiger partial charge on any atom is -0.460 e. The second-order valence-corrected chi connectivity index (χ2v) is 3.44. The van der Waals surface area contributed by atoms with Crippen LogP contribution in [0.3, 0.4) is 0 Å². The molecule has 0 atom stereocenters. The van der Waals surface area contributed by atoms with Crippen molar-refractivity contribution >= 4 is 0 Å². The van der Waals surface area contributed by atoms with Crippen LogP contribution < -0.4 is 0 Å². The molecule has 0 fully saturated rings. The van der Waals surface area contributed by atoms with Crippen molar-refractivity contribution in [3.63, 3.8) is 0 Å². The third-order valence-corrected chi connectivity index (χ3v) is 2.40. The monoisotopic (exact) mass is 201 g/mol. The van der Waals surface area contributed by atoms with Crippen LogP contribution in [-0.4, -0.2) is 9.55 Å². The van der Waals surface area contributed by atoms with Gasteiger partial charge in [0.05, 0.1) is 0 Å². The number of furan rings is 1. The van der Waals surface area contributed by atoms with Gasteiger partial charge in [0.25, 0.3) is 0 Å². The Balaban J connectivity index is 2.64. The Hall–Kier alpha value is -2.02. The Labute approximate surface area is 87.8 Å². The van der Waals surface area contributed by atoms with Gasteiger partial charge in [0.15, 0.2) is 11.5 Å². The predicted molar refractivity (Wildman–Crippen MR) is 55.1 cm³/mol. The Bertz CT molecular complexity index is 543. The maximum Gasteiger partial charge on any atom is 0.155 e. The van der Waals surface area contributed by atoms with Crippen LogP contribution in [0.2, 0.25) is 0 Å². The van der Waals surface area contributed by atoms with Crippen molar-refractivity contribution in [2.75, 3.05) is 0 Å². The van der Waals surface area contributed by atoms with Crippen molar-refractivity contribution in [1.82, 2.24) is 9.55 Å². The first kappa shape index (κ1) is 9.53. The first-order valence-corrected chi connectivity index (χ1v) is 4.63. The summed E-state index contributed by atoms with van der Waals surface area (Å²) >= 11 is 0. The largest absolute Gasteiger partial charge is 0.460 e. The zero-order chi connectivity index (χ0) is 11.0. The lowest BCUT2D eigenvalue weighted by Gasteiger charge is -1.94. The molecule has 0 saturated carbocycles. The topological polar surface area (TPSA) is 54.8 Å². The van der Waals surface area contributed by atoms with Crippen LogP contribution >= 0.6 is 0 Å². The third-order valence-electron chi connectivity index (χ3n) is 2.40. The van der Waals surface area contributed by atoms with E-state index in [9.17, 15) is 0 Å². The Morgan fingerprint density at radius 2 is 2.13 bits per heavy atom. The molecule has 76 valence electrons. The fraction of sp³-hybridized carbons (Fsp3) is 0.273. The van der Waals surface area contributed by atoms with Crippen molar-refractivity contribution < 1.29 is 4.42 Å². The van der Waals surface area contributed by atoms with Gasteiger partial charge in [-0.25, -0.2) is 4.98 Å². The molecule has 4 nitrogen and oxygen atoms in total. The molecule has 15 heavy (non-hydrogen) atoms. The molecular weight excluding hydrogens is 190 g/mol. The lowest BCUT2D eigenvalue weighted by Crippen LogP contribution is -1.94. The van der Waals surface area contributed by atoms with Crippen molar-refractivity contribution in [3.05, 3.63) is 29.4 Å². The SMILES string of the molecule is Cc1ccc(-c2nc(C)n(C)c2C#N)o1. The Morgan fingerprint density at radius 1 is 1.40 bits per heavy atom. The number of imidazole rings is 1. The molecule has 0 bridgehead atoms. The second kappa shape index (κ2) is 3.28. The number of nitrogens with zero attached hydrogens (tertiary/aromatic N) is 3. The van der Waals surface area contributed by atoms with Crippen LogP contribution in [0, 0.1) is 25.2 Å². The summed E-state index contributed by atoms with van der Waals surface area (Å²) in [6, 6.07) is 5.83. The number of hydrogen-bond donors (Lipinski definition) is 0. The summed E-state index contributed by atoms with van der Waals surface area (Å²) in [7, 11) is 1.82. The maximum absolute atomic E-state index is 9.03. The van der Waals surface area contributed by atoms with Crippen molar-refractivity contribution in [1.29, 1.82) is 5.26 Å². The van der Waals surface area contributed by atoms with Gasteiger partial charge in [-0.2, -0.15) is 5.26 Å². The molecule has 0 aliphatic rings. The molecule has 4 heteroatoms. The number of nitriles is 1. The van der Waals surface area contributed by atoms with E-state index in [1.807, 2.05) is 33.0 Å². The van der Waals surface area contributed by atoms with Crippen LogP contribution in [0.4, 0.5) is 0 Å². The molecule has 0 aromatic carbocycles. The van der Waals surface area contributed by atoms with Gasteiger partial charge in [0, 0.05) is 7.05 Å². The van der Waals surface area contributed by atoms with E-state index in [4.69, 9.17) is 9.68 Å². The zero-order valence-electron chi connectivity index (χ0n) is 8.90. The van der Waals surface area contributed by atoms with Crippen LogP contribution in [0.25, 0.3) is 11.5 Å². The lowest BCUT2D eigenvalue weighted by atomic mass is 10.3. The molecule has 2 heterocycles. The summed E-state index contributed by atoms with van der Waals surface area (Å²) in [6.45, 7) is 3.73. The number of rotatable bonds is 1. The summed E-state index contributed by atoms with van der Waals surface area (Å²) in [5.74, 6) is 2.26. The van der Waals surface area contributed by atoms with Gasteiger partial charge in [0.1, 0.15) is 23.3 Å². The van der Waals surface area contributed by atoms with E-state index in [0.717, 1.165) is 11.6 Å².